The van der Waals surface area contributed by atoms with E-state index in [-0.39, 0.29) is 23.8 Å². The van der Waals surface area contributed by atoms with Gasteiger partial charge in [0.1, 0.15) is 6.07 Å². The Morgan fingerprint density at radius 3 is 2.50 bits per heavy atom. The summed E-state index contributed by atoms with van der Waals surface area (Å²) in [6.07, 6.45) is 1.97. The van der Waals surface area contributed by atoms with Gasteiger partial charge in [0, 0.05) is 36.6 Å². The third-order valence-electron chi connectivity index (χ3n) is 5.05. The van der Waals surface area contributed by atoms with E-state index in [4.69, 9.17) is 22.4 Å². The van der Waals surface area contributed by atoms with Crippen LogP contribution in [0.3, 0.4) is 0 Å². The van der Waals surface area contributed by atoms with E-state index >= 15 is 0 Å². The Morgan fingerprint density at radius 2 is 1.96 bits per heavy atom. The normalized spacial score (nSPS) is 23.1. The summed E-state index contributed by atoms with van der Waals surface area (Å²) in [5.74, 6) is -0.675. The number of likely N-dealkylation sites (N-methyl/N-ethyl adjacent to an activating group) is 1. The molecule has 1 aromatic rings. The number of halogens is 1. The molecule has 6 nitrogen and oxygen atoms in total. The lowest BCUT2D eigenvalue weighted by Crippen LogP contribution is -2.47. The predicted octanol–water partition coefficient (Wildman–Crippen LogP) is 2.69. The number of nitrogens with zero attached hydrogens (tertiary/aromatic N) is 4. The Balaban J connectivity index is 0.000000878. The van der Waals surface area contributed by atoms with Crippen LogP contribution in [0.25, 0.3) is 0 Å². The average Bonchev–Trinajstić information content (AvgIpc) is 2.68. The standard InChI is InChI=1S/C19H16ClN5.C2H6O/c1-25-6-5-14-15(8-21)18(24)19(10-22,11-23)17(16(14)9-25)12-3-2-4-13(20)7-12;1-2-3/h2-5,7,16-17H,6,9,24H2,1H3;3H,2H2,1H3. The van der Waals surface area contributed by atoms with Crippen molar-refractivity contribution in [1.82, 2.24) is 4.90 Å². The zero-order chi connectivity index (χ0) is 20.9. The monoisotopic (exact) mass is 395 g/mol. The minimum absolute atomic E-state index is 0.0389. The van der Waals surface area contributed by atoms with Crippen LogP contribution in [0.2, 0.25) is 5.02 Å². The molecule has 0 bridgehead atoms. The zero-order valence-electron chi connectivity index (χ0n) is 15.9. The zero-order valence-corrected chi connectivity index (χ0v) is 16.6. The lowest BCUT2D eigenvalue weighted by atomic mass is 9.58. The molecule has 28 heavy (non-hydrogen) atoms. The molecular weight excluding hydrogens is 374 g/mol. The highest BCUT2D eigenvalue weighted by Crippen LogP contribution is 2.54. The molecule has 7 heteroatoms. The Labute approximate surface area is 170 Å². The number of hydrogen-bond acceptors (Lipinski definition) is 6. The van der Waals surface area contributed by atoms with Crippen molar-refractivity contribution in [3.8, 4) is 18.2 Å². The summed E-state index contributed by atoms with van der Waals surface area (Å²) < 4.78 is 0. The van der Waals surface area contributed by atoms with Gasteiger partial charge in [-0.25, -0.2) is 0 Å². The van der Waals surface area contributed by atoms with Crippen molar-refractivity contribution in [2.75, 3.05) is 26.7 Å². The number of aliphatic hydroxyl groups is 1. The second kappa shape index (κ2) is 8.91. The van der Waals surface area contributed by atoms with Gasteiger partial charge in [0.15, 0.2) is 5.41 Å². The van der Waals surface area contributed by atoms with Crippen molar-refractivity contribution in [1.29, 1.82) is 15.8 Å². The molecule has 0 aromatic heterocycles. The van der Waals surface area contributed by atoms with Crippen LogP contribution in [0, 0.1) is 45.3 Å². The Bertz CT molecular complexity index is 917. The van der Waals surface area contributed by atoms with Crippen molar-refractivity contribution in [3.05, 3.63) is 57.8 Å². The minimum atomic E-state index is -1.60. The topological polar surface area (TPSA) is 121 Å². The van der Waals surface area contributed by atoms with Gasteiger partial charge >= 0.3 is 0 Å². The third kappa shape index (κ3) is 3.61. The molecule has 1 aliphatic carbocycles. The molecule has 2 atom stereocenters. The SMILES string of the molecule is CCO.CN1CC=C2C(C#N)=C(N)C(C#N)(C#N)C(c3cccc(Cl)c3)C2C1. The van der Waals surface area contributed by atoms with E-state index in [2.05, 4.69) is 23.1 Å². The average molecular weight is 396 g/mol. The van der Waals surface area contributed by atoms with Gasteiger partial charge in [-0.1, -0.05) is 29.8 Å². The largest absolute Gasteiger partial charge is 0.399 e. The van der Waals surface area contributed by atoms with Crippen LogP contribution < -0.4 is 5.73 Å². The van der Waals surface area contributed by atoms with Crippen LogP contribution in [0.1, 0.15) is 18.4 Å². The summed E-state index contributed by atoms with van der Waals surface area (Å²) in [6.45, 7) is 3.26. The van der Waals surface area contributed by atoms with Gasteiger partial charge in [-0.05, 0) is 37.2 Å². The van der Waals surface area contributed by atoms with E-state index in [1.165, 1.54) is 0 Å². The van der Waals surface area contributed by atoms with Gasteiger partial charge in [-0.2, -0.15) is 15.8 Å². The van der Waals surface area contributed by atoms with Crippen LogP contribution in [0.5, 0.6) is 0 Å². The van der Waals surface area contributed by atoms with E-state index < -0.39 is 11.3 Å². The van der Waals surface area contributed by atoms with E-state index in [0.717, 1.165) is 11.1 Å². The van der Waals surface area contributed by atoms with Crippen molar-refractivity contribution in [3.63, 3.8) is 0 Å². The highest BCUT2D eigenvalue weighted by Gasteiger charge is 2.54. The summed E-state index contributed by atoms with van der Waals surface area (Å²) in [5.41, 5.74) is 6.53. The maximum Gasteiger partial charge on any atom is 0.191 e. The van der Waals surface area contributed by atoms with Gasteiger partial charge in [-0.3, -0.25) is 0 Å². The summed E-state index contributed by atoms with van der Waals surface area (Å²) in [6, 6.07) is 13.5. The molecule has 0 amide bonds. The third-order valence-corrected chi connectivity index (χ3v) is 5.29. The molecule has 0 spiro atoms. The van der Waals surface area contributed by atoms with Gasteiger partial charge < -0.3 is 15.7 Å². The van der Waals surface area contributed by atoms with E-state index in [9.17, 15) is 15.8 Å². The fourth-order valence-corrected chi connectivity index (χ4v) is 4.10. The van der Waals surface area contributed by atoms with Gasteiger partial charge in [0.2, 0.25) is 0 Å². The minimum Gasteiger partial charge on any atom is -0.399 e. The number of benzene rings is 1. The highest BCUT2D eigenvalue weighted by atomic mass is 35.5. The Kier molecular flexibility index (Phi) is 6.84. The lowest BCUT2D eigenvalue weighted by Gasteiger charge is -2.45. The molecular formula is C21H22ClN5O. The summed E-state index contributed by atoms with van der Waals surface area (Å²) in [7, 11) is 1.97. The second-order valence-electron chi connectivity index (χ2n) is 6.77. The highest BCUT2D eigenvalue weighted by molar-refractivity contribution is 6.30. The number of hydrogen-bond donors (Lipinski definition) is 2. The molecule has 3 N–H and O–H groups in total. The number of nitriles is 3. The number of rotatable bonds is 1. The molecule has 0 saturated carbocycles. The van der Waals surface area contributed by atoms with Crippen molar-refractivity contribution < 1.29 is 5.11 Å². The maximum atomic E-state index is 9.92. The molecule has 2 unspecified atom stereocenters. The van der Waals surface area contributed by atoms with Crippen LogP contribution >= 0.6 is 11.6 Å². The molecule has 1 aliphatic heterocycles. The summed E-state index contributed by atoms with van der Waals surface area (Å²) in [5, 5.41) is 37.6. The molecule has 1 heterocycles. The van der Waals surface area contributed by atoms with Gasteiger partial charge in [0.05, 0.1) is 23.4 Å². The smallest absolute Gasteiger partial charge is 0.191 e. The Morgan fingerprint density at radius 1 is 1.32 bits per heavy atom. The molecule has 0 fully saturated rings. The predicted molar refractivity (Wildman–Crippen MR) is 107 cm³/mol. The lowest BCUT2D eigenvalue weighted by molar-refractivity contribution is 0.237. The van der Waals surface area contributed by atoms with E-state index in [0.29, 0.717) is 18.1 Å². The van der Waals surface area contributed by atoms with Crippen LogP contribution in [0.4, 0.5) is 0 Å². The fraction of sp³-hybridized carbons (Fsp3) is 0.381. The quantitative estimate of drug-likeness (QED) is 0.753. The first kappa shape index (κ1) is 21.5. The van der Waals surface area contributed by atoms with Crippen LogP contribution in [-0.4, -0.2) is 36.8 Å². The van der Waals surface area contributed by atoms with Crippen LogP contribution in [0.15, 0.2) is 47.2 Å². The van der Waals surface area contributed by atoms with Crippen LogP contribution in [-0.2, 0) is 0 Å². The number of aliphatic hydroxyl groups excluding tert-OH is 1. The maximum absolute atomic E-state index is 9.92. The number of allylic oxidation sites excluding steroid dienone is 2. The van der Waals surface area contributed by atoms with E-state index in [1.54, 1.807) is 25.1 Å². The van der Waals surface area contributed by atoms with Gasteiger partial charge in [0.25, 0.3) is 0 Å². The molecule has 2 aliphatic rings. The molecule has 3 rings (SSSR count). The summed E-state index contributed by atoms with van der Waals surface area (Å²) in [4.78, 5) is 2.10. The second-order valence-corrected chi connectivity index (χ2v) is 7.20. The molecule has 0 saturated heterocycles. The molecule has 0 radical (unpaired) electrons. The van der Waals surface area contributed by atoms with Crippen molar-refractivity contribution in [2.45, 2.75) is 12.8 Å². The first-order chi connectivity index (χ1) is 13.4. The Hall–Kier alpha value is -2.82. The molecule has 1 aromatic carbocycles. The van der Waals surface area contributed by atoms with Crippen molar-refractivity contribution >= 4 is 11.6 Å². The van der Waals surface area contributed by atoms with E-state index in [1.807, 2.05) is 19.2 Å². The first-order valence-electron chi connectivity index (χ1n) is 8.88. The van der Waals surface area contributed by atoms with Gasteiger partial charge in [-0.15, -0.1) is 0 Å². The first-order valence-corrected chi connectivity index (χ1v) is 9.26. The number of fused-ring (bicyclic) bond motifs is 1. The summed E-state index contributed by atoms with van der Waals surface area (Å²) >= 11 is 6.15. The fourth-order valence-electron chi connectivity index (χ4n) is 3.90. The van der Waals surface area contributed by atoms with Crippen molar-refractivity contribution in [2.24, 2.45) is 17.1 Å². The number of nitrogens with two attached hydrogens (primary N) is 1. The molecule has 144 valence electrons.